The monoisotopic (exact) mass is 646 g/mol. The van der Waals surface area contributed by atoms with Crippen LogP contribution in [0.15, 0.2) is 146 Å². The van der Waals surface area contributed by atoms with Gasteiger partial charge in [0.1, 0.15) is 11.5 Å². The zero-order valence-electron chi connectivity index (χ0n) is 29.8. The molecule has 244 valence electrons. The third-order valence-corrected chi connectivity index (χ3v) is 11.1. The summed E-state index contributed by atoms with van der Waals surface area (Å²) in [7, 11) is 0. The summed E-state index contributed by atoms with van der Waals surface area (Å²) in [5, 5.41) is 2.38. The summed E-state index contributed by atoms with van der Waals surface area (Å²) in [6.45, 7) is 13.9. The summed E-state index contributed by atoms with van der Waals surface area (Å²) in [6, 6.07) is 54.5. The molecule has 1 aliphatic heterocycles. The van der Waals surface area contributed by atoms with E-state index in [0.29, 0.717) is 0 Å². The second kappa shape index (κ2) is 10.8. The molecule has 0 saturated heterocycles. The van der Waals surface area contributed by atoms with Crippen LogP contribution >= 0.6 is 0 Å². The normalized spacial score (nSPS) is 14.1. The SMILES string of the molecule is CC(C)(C)c1cccc(C2(c3cccc(C(C)(C)C)c3)c3ccccc3-c3ccc(-c4ccc5c6c(cccc46)-c4ccccc4O5)cc32)c1. The average Bonchev–Trinajstić information content (AvgIpc) is 3.42. The molecule has 0 saturated carbocycles. The lowest BCUT2D eigenvalue weighted by Gasteiger charge is -2.36. The zero-order valence-corrected chi connectivity index (χ0v) is 29.8. The van der Waals surface area contributed by atoms with Crippen molar-refractivity contribution in [1.29, 1.82) is 0 Å². The summed E-state index contributed by atoms with van der Waals surface area (Å²) in [4.78, 5) is 0. The Balaban J connectivity index is 1.35. The van der Waals surface area contributed by atoms with Gasteiger partial charge in [0.05, 0.1) is 5.41 Å². The Hall–Kier alpha value is -5.40. The standard InChI is InChI=1S/C49H42O/c1-47(2,3)32-14-11-16-34(29-32)49(35-17-12-15-33(30-35)48(4,5)6)42-22-9-7-18-37(42)38-25-24-31(28-43(38)49)36-26-27-45-46-40(36)20-13-21-41(46)39-19-8-10-23-44(39)50-45/h7-30H,1-6H3. The third-order valence-electron chi connectivity index (χ3n) is 11.1. The average molecular weight is 647 g/mol. The molecule has 50 heavy (non-hydrogen) atoms. The summed E-state index contributed by atoms with van der Waals surface area (Å²) in [5.41, 5.74) is 14.9. The van der Waals surface area contributed by atoms with Crippen LogP contribution in [0.3, 0.4) is 0 Å². The number of fused-ring (bicyclic) bond motifs is 5. The van der Waals surface area contributed by atoms with E-state index < -0.39 is 5.41 Å². The Morgan fingerprint density at radius 3 is 1.70 bits per heavy atom. The Morgan fingerprint density at radius 1 is 0.420 bits per heavy atom. The highest BCUT2D eigenvalue weighted by Gasteiger charge is 2.47. The van der Waals surface area contributed by atoms with Gasteiger partial charge in [-0.05, 0) is 95.6 Å². The Labute approximate surface area is 296 Å². The first kappa shape index (κ1) is 30.6. The van der Waals surface area contributed by atoms with Crippen molar-refractivity contribution in [3.63, 3.8) is 0 Å². The first-order chi connectivity index (χ1) is 24.0. The second-order valence-corrected chi connectivity index (χ2v) is 16.2. The maximum Gasteiger partial charge on any atom is 0.135 e. The highest BCUT2D eigenvalue weighted by atomic mass is 16.5. The molecular weight excluding hydrogens is 605 g/mol. The minimum Gasteiger partial charge on any atom is -0.456 e. The second-order valence-electron chi connectivity index (χ2n) is 16.2. The van der Waals surface area contributed by atoms with E-state index in [4.69, 9.17) is 4.74 Å². The molecule has 0 atom stereocenters. The van der Waals surface area contributed by atoms with Crippen molar-refractivity contribution in [1.82, 2.24) is 0 Å². The van der Waals surface area contributed by atoms with Gasteiger partial charge in [0.2, 0.25) is 0 Å². The fraction of sp³-hybridized carbons (Fsp3) is 0.184. The van der Waals surface area contributed by atoms with Gasteiger partial charge < -0.3 is 4.74 Å². The van der Waals surface area contributed by atoms with Crippen molar-refractivity contribution < 1.29 is 4.74 Å². The minimum absolute atomic E-state index is 0.0112. The molecule has 1 heteroatoms. The van der Waals surface area contributed by atoms with Gasteiger partial charge in [-0.25, -0.2) is 0 Å². The van der Waals surface area contributed by atoms with Crippen molar-refractivity contribution in [2.45, 2.75) is 57.8 Å². The first-order valence-electron chi connectivity index (χ1n) is 17.8. The molecule has 7 aromatic carbocycles. The van der Waals surface area contributed by atoms with Gasteiger partial charge in [-0.3, -0.25) is 0 Å². The molecule has 1 aliphatic carbocycles. The molecule has 0 aromatic heterocycles. The smallest absolute Gasteiger partial charge is 0.135 e. The van der Waals surface area contributed by atoms with Crippen LogP contribution in [0.25, 0.3) is 44.2 Å². The highest BCUT2D eigenvalue weighted by molar-refractivity contribution is 6.10. The van der Waals surface area contributed by atoms with E-state index in [1.165, 1.54) is 72.0 Å². The molecule has 0 N–H and O–H groups in total. The van der Waals surface area contributed by atoms with Crippen LogP contribution < -0.4 is 4.74 Å². The summed E-state index contributed by atoms with van der Waals surface area (Å²) >= 11 is 0. The van der Waals surface area contributed by atoms with E-state index in [9.17, 15) is 0 Å². The molecule has 0 radical (unpaired) electrons. The quantitative estimate of drug-likeness (QED) is 0.186. The summed E-state index contributed by atoms with van der Waals surface area (Å²) in [5.74, 6) is 1.83. The maximum absolute atomic E-state index is 6.48. The van der Waals surface area contributed by atoms with E-state index in [1.807, 2.05) is 6.07 Å². The predicted molar refractivity (Wildman–Crippen MR) is 210 cm³/mol. The van der Waals surface area contributed by atoms with Crippen molar-refractivity contribution in [2.75, 3.05) is 0 Å². The molecule has 0 spiro atoms. The Morgan fingerprint density at radius 2 is 1.00 bits per heavy atom. The number of hydrogen-bond donors (Lipinski definition) is 0. The maximum atomic E-state index is 6.48. The van der Waals surface area contributed by atoms with E-state index >= 15 is 0 Å². The van der Waals surface area contributed by atoms with E-state index in [1.54, 1.807) is 0 Å². The third kappa shape index (κ3) is 4.46. The highest BCUT2D eigenvalue weighted by Crippen LogP contribution is 2.58. The van der Waals surface area contributed by atoms with Gasteiger partial charge >= 0.3 is 0 Å². The molecule has 0 amide bonds. The molecule has 9 rings (SSSR count). The fourth-order valence-electron chi connectivity index (χ4n) is 8.51. The summed E-state index contributed by atoms with van der Waals surface area (Å²) in [6.07, 6.45) is 0. The predicted octanol–water partition coefficient (Wildman–Crippen LogP) is 13.2. The van der Waals surface area contributed by atoms with Gasteiger partial charge in [-0.1, -0.05) is 169 Å². The van der Waals surface area contributed by atoms with Gasteiger partial charge in [-0.15, -0.1) is 0 Å². The number of hydrogen-bond acceptors (Lipinski definition) is 1. The lowest BCUT2D eigenvalue weighted by atomic mass is 9.65. The van der Waals surface area contributed by atoms with Crippen LogP contribution in [0.5, 0.6) is 11.5 Å². The van der Waals surface area contributed by atoms with Gasteiger partial charge in [0.15, 0.2) is 0 Å². The van der Waals surface area contributed by atoms with Gasteiger partial charge in [-0.2, -0.15) is 0 Å². The first-order valence-corrected chi connectivity index (χ1v) is 17.8. The largest absolute Gasteiger partial charge is 0.456 e. The number of benzene rings is 7. The fourth-order valence-corrected chi connectivity index (χ4v) is 8.51. The Bertz CT molecular complexity index is 2420. The van der Waals surface area contributed by atoms with E-state index in [2.05, 4.69) is 181 Å². The number of rotatable bonds is 3. The molecule has 0 unspecified atom stereocenters. The van der Waals surface area contributed by atoms with Gasteiger partial charge in [0.25, 0.3) is 0 Å². The number of ether oxygens (including phenoxy) is 1. The van der Waals surface area contributed by atoms with Crippen molar-refractivity contribution >= 4 is 10.8 Å². The zero-order chi connectivity index (χ0) is 34.4. The molecule has 7 aromatic rings. The summed E-state index contributed by atoms with van der Waals surface area (Å²) < 4.78 is 6.48. The van der Waals surface area contributed by atoms with Crippen molar-refractivity contribution in [2.24, 2.45) is 0 Å². The number of para-hydroxylation sites is 1. The lowest BCUT2D eigenvalue weighted by molar-refractivity contribution is 0.487. The van der Waals surface area contributed by atoms with Crippen LogP contribution in [0.4, 0.5) is 0 Å². The Kier molecular flexibility index (Phi) is 6.62. The minimum atomic E-state index is -0.501. The molecule has 0 bridgehead atoms. The topological polar surface area (TPSA) is 9.23 Å². The van der Waals surface area contributed by atoms with Gasteiger partial charge in [0, 0.05) is 10.9 Å². The molecular formula is C49H42O. The van der Waals surface area contributed by atoms with Crippen LogP contribution in [0.1, 0.15) is 74.9 Å². The van der Waals surface area contributed by atoms with Crippen LogP contribution in [0, 0.1) is 0 Å². The molecule has 1 nitrogen and oxygen atoms in total. The van der Waals surface area contributed by atoms with Crippen molar-refractivity contribution in [3.05, 3.63) is 179 Å². The van der Waals surface area contributed by atoms with Crippen LogP contribution in [-0.4, -0.2) is 0 Å². The van der Waals surface area contributed by atoms with Crippen LogP contribution in [0.2, 0.25) is 0 Å². The molecule has 1 heterocycles. The van der Waals surface area contributed by atoms with Crippen LogP contribution in [-0.2, 0) is 16.2 Å². The molecule has 0 fully saturated rings. The van der Waals surface area contributed by atoms with E-state index in [0.717, 1.165) is 17.1 Å². The lowest BCUT2D eigenvalue weighted by Crippen LogP contribution is -2.30. The van der Waals surface area contributed by atoms with E-state index in [-0.39, 0.29) is 10.8 Å². The molecule has 2 aliphatic rings. The van der Waals surface area contributed by atoms with Crippen molar-refractivity contribution in [3.8, 4) is 44.9 Å².